The second-order valence-corrected chi connectivity index (χ2v) is 4.97. The Labute approximate surface area is 121 Å². The van der Waals surface area contributed by atoms with Crippen molar-refractivity contribution in [3.63, 3.8) is 0 Å². The quantitative estimate of drug-likeness (QED) is 0.694. The third kappa shape index (κ3) is 3.27. The molecule has 0 amide bonds. The number of aromatic amines is 1. The molecular formula is C15H14ClNO3. The first-order chi connectivity index (χ1) is 9.47. The van der Waals surface area contributed by atoms with E-state index in [4.69, 9.17) is 16.3 Å². The number of carbonyl (C=O) groups excluding carboxylic acids is 2. The summed E-state index contributed by atoms with van der Waals surface area (Å²) < 4.78 is 4.95. The summed E-state index contributed by atoms with van der Waals surface area (Å²) in [5, 5.41) is 0.414. The highest BCUT2D eigenvalue weighted by atomic mass is 35.5. The lowest BCUT2D eigenvalue weighted by molar-refractivity contribution is 0.0469. The Morgan fingerprint density at radius 2 is 1.95 bits per heavy atom. The molecule has 20 heavy (non-hydrogen) atoms. The molecule has 104 valence electrons. The van der Waals surface area contributed by atoms with E-state index in [1.807, 2.05) is 19.9 Å². The zero-order chi connectivity index (χ0) is 14.7. The molecule has 0 saturated heterocycles. The van der Waals surface area contributed by atoms with E-state index in [1.165, 1.54) is 12.3 Å². The molecule has 5 heteroatoms. The van der Waals surface area contributed by atoms with Crippen molar-refractivity contribution >= 4 is 23.4 Å². The van der Waals surface area contributed by atoms with Crippen molar-refractivity contribution in [1.82, 2.24) is 4.98 Å². The molecule has 0 radical (unpaired) electrons. The average Bonchev–Trinajstić information content (AvgIpc) is 2.85. The van der Waals surface area contributed by atoms with E-state index in [2.05, 4.69) is 4.98 Å². The van der Waals surface area contributed by atoms with Gasteiger partial charge in [0.1, 0.15) is 5.69 Å². The molecule has 2 aromatic rings. The van der Waals surface area contributed by atoms with Crippen molar-refractivity contribution < 1.29 is 14.3 Å². The minimum Gasteiger partial charge on any atom is -0.453 e. The first kappa shape index (κ1) is 14.3. The van der Waals surface area contributed by atoms with Gasteiger partial charge >= 0.3 is 5.97 Å². The van der Waals surface area contributed by atoms with Crippen LogP contribution in [-0.4, -0.2) is 23.3 Å². The third-order valence-electron chi connectivity index (χ3n) is 3.03. The van der Waals surface area contributed by atoms with Gasteiger partial charge in [-0.1, -0.05) is 23.7 Å². The summed E-state index contributed by atoms with van der Waals surface area (Å²) in [5.41, 5.74) is 2.89. The number of aryl methyl sites for hydroxylation is 2. The molecule has 1 N–H and O–H groups in total. The van der Waals surface area contributed by atoms with Crippen molar-refractivity contribution in [2.45, 2.75) is 13.8 Å². The monoisotopic (exact) mass is 291 g/mol. The van der Waals surface area contributed by atoms with Crippen LogP contribution in [0.4, 0.5) is 0 Å². The number of rotatable bonds is 4. The first-order valence-electron chi connectivity index (χ1n) is 6.09. The molecular weight excluding hydrogens is 278 g/mol. The zero-order valence-corrected chi connectivity index (χ0v) is 12.0. The molecule has 0 atom stereocenters. The number of halogens is 1. The second kappa shape index (κ2) is 5.92. The van der Waals surface area contributed by atoms with E-state index < -0.39 is 5.97 Å². The van der Waals surface area contributed by atoms with E-state index in [-0.39, 0.29) is 18.1 Å². The fraction of sp³-hybridized carbons (Fsp3) is 0.200. The van der Waals surface area contributed by atoms with Gasteiger partial charge in [-0.25, -0.2) is 4.79 Å². The highest BCUT2D eigenvalue weighted by Crippen LogP contribution is 2.12. The number of esters is 1. The molecule has 0 aliphatic carbocycles. The van der Waals surface area contributed by atoms with Crippen LogP contribution in [0.25, 0.3) is 0 Å². The molecule has 4 nitrogen and oxygen atoms in total. The normalized spacial score (nSPS) is 10.3. The minimum absolute atomic E-state index is 0.225. The van der Waals surface area contributed by atoms with Gasteiger partial charge in [0.25, 0.3) is 0 Å². The largest absolute Gasteiger partial charge is 0.453 e. The van der Waals surface area contributed by atoms with Crippen LogP contribution in [0.1, 0.15) is 32.0 Å². The molecule has 0 fully saturated rings. The van der Waals surface area contributed by atoms with Gasteiger partial charge in [0.05, 0.1) is 5.02 Å². The molecule has 2 rings (SSSR count). The van der Waals surface area contributed by atoms with E-state index in [1.54, 1.807) is 12.1 Å². The van der Waals surface area contributed by atoms with Crippen molar-refractivity contribution in [1.29, 1.82) is 0 Å². The van der Waals surface area contributed by atoms with E-state index >= 15 is 0 Å². The Balaban J connectivity index is 1.98. The lowest BCUT2D eigenvalue weighted by Crippen LogP contribution is -2.14. The van der Waals surface area contributed by atoms with E-state index in [9.17, 15) is 9.59 Å². The standard InChI is InChI=1S/C15H14ClNO3/c1-9-3-4-11(5-10(9)2)14(18)8-20-15(19)13-6-12(16)7-17-13/h3-7,17H,8H2,1-2H3. The van der Waals surface area contributed by atoms with Crippen LogP contribution < -0.4 is 0 Å². The molecule has 1 aromatic carbocycles. The fourth-order valence-electron chi connectivity index (χ4n) is 1.69. The summed E-state index contributed by atoms with van der Waals surface area (Å²) in [4.78, 5) is 26.3. The Morgan fingerprint density at radius 3 is 2.55 bits per heavy atom. The Morgan fingerprint density at radius 1 is 1.20 bits per heavy atom. The van der Waals surface area contributed by atoms with Crippen LogP contribution >= 0.6 is 11.6 Å². The summed E-state index contributed by atoms with van der Waals surface area (Å²) in [6.07, 6.45) is 1.48. The lowest BCUT2D eigenvalue weighted by atomic mass is 10.0. The molecule has 0 spiro atoms. The minimum atomic E-state index is -0.603. The van der Waals surface area contributed by atoms with Gasteiger partial charge in [-0.2, -0.15) is 0 Å². The third-order valence-corrected chi connectivity index (χ3v) is 3.25. The summed E-state index contributed by atoms with van der Waals surface area (Å²) in [6, 6.07) is 6.83. The number of hydrogen-bond acceptors (Lipinski definition) is 3. The number of H-pyrrole nitrogens is 1. The number of benzene rings is 1. The number of carbonyl (C=O) groups is 2. The van der Waals surface area contributed by atoms with Gasteiger partial charge in [-0.15, -0.1) is 0 Å². The smallest absolute Gasteiger partial charge is 0.355 e. The molecule has 0 aliphatic heterocycles. The van der Waals surface area contributed by atoms with Crippen molar-refractivity contribution in [2.75, 3.05) is 6.61 Å². The summed E-state index contributed by atoms with van der Waals surface area (Å²) in [5.74, 6) is -0.840. The van der Waals surface area contributed by atoms with Crippen LogP contribution in [0, 0.1) is 13.8 Å². The highest BCUT2D eigenvalue weighted by Gasteiger charge is 2.13. The van der Waals surface area contributed by atoms with Crippen molar-refractivity contribution in [2.24, 2.45) is 0 Å². The van der Waals surface area contributed by atoms with E-state index in [0.29, 0.717) is 10.6 Å². The maximum absolute atomic E-state index is 11.9. The fourth-order valence-corrected chi connectivity index (χ4v) is 1.86. The van der Waals surface area contributed by atoms with Gasteiger partial charge in [-0.3, -0.25) is 4.79 Å². The van der Waals surface area contributed by atoms with Crippen molar-refractivity contribution in [3.8, 4) is 0 Å². The van der Waals surface area contributed by atoms with Gasteiger partial charge < -0.3 is 9.72 Å². The van der Waals surface area contributed by atoms with Crippen LogP contribution in [0.2, 0.25) is 5.02 Å². The Hall–Kier alpha value is -2.07. The Bertz CT molecular complexity index is 661. The molecule has 0 bridgehead atoms. The number of ether oxygens (including phenoxy) is 1. The predicted octanol–water partition coefficient (Wildman–Crippen LogP) is 3.32. The van der Waals surface area contributed by atoms with Gasteiger partial charge in [0.15, 0.2) is 12.4 Å². The zero-order valence-electron chi connectivity index (χ0n) is 11.2. The molecule has 1 aromatic heterocycles. The summed E-state index contributed by atoms with van der Waals surface area (Å²) >= 11 is 5.69. The van der Waals surface area contributed by atoms with Crippen LogP contribution in [-0.2, 0) is 4.74 Å². The second-order valence-electron chi connectivity index (χ2n) is 4.53. The molecule has 0 saturated carbocycles. The average molecular weight is 292 g/mol. The summed E-state index contributed by atoms with van der Waals surface area (Å²) in [7, 11) is 0. The maximum atomic E-state index is 11.9. The first-order valence-corrected chi connectivity index (χ1v) is 6.46. The topological polar surface area (TPSA) is 59.2 Å². The number of Topliss-reactive ketones (excluding diaryl/α,β-unsaturated/α-hetero) is 1. The van der Waals surface area contributed by atoms with Crippen LogP contribution in [0.3, 0.4) is 0 Å². The lowest BCUT2D eigenvalue weighted by Gasteiger charge is -2.05. The van der Waals surface area contributed by atoms with Crippen molar-refractivity contribution in [3.05, 3.63) is 57.9 Å². The van der Waals surface area contributed by atoms with Gasteiger partial charge in [-0.05, 0) is 37.1 Å². The summed E-state index contributed by atoms with van der Waals surface area (Å²) in [6.45, 7) is 3.61. The molecule has 0 aliphatic rings. The van der Waals surface area contributed by atoms with Gasteiger partial charge in [0, 0.05) is 11.8 Å². The van der Waals surface area contributed by atoms with Gasteiger partial charge in [0.2, 0.25) is 0 Å². The molecule has 1 heterocycles. The van der Waals surface area contributed by atoms with Crippen LogP contribution in [0.15, 0.2) is 30.5 Å². The predicted molar refractivity (Wildman–Crippen MR) is 76.3 cm³/mol. The number of hydrogen-bond donors (Lipinski definition) is 1. The number of ketones is 1. The maximum Gasteiger partial charge on any atom is 0.355 e. The SMILES string of the molecule is Cc1ccc(C(=O)COC(=O)c2cc(Cl)c[nH]2)cc1C. The highest BCUT2D eigenvalue weighted by molar-refractivity contribution is 6.30. The van der Waals surface area contributed by atoms with E-state index in [0.717, 1.165) is 11.1 Å². The number of aromatic nitrogens is 1. The van der Waals surface area contributed by atoms with Crippen LogP contribution in [0.5, 0.6) is 0 Å². The number of nitrogens with one attached hydrogen (secondary N) is 1. The molecule has 0 unspecified atom stereocenters. The Kier molecular flexibility index (Phi) is 4.25.